The molecule has 0 bridgehead atoms. The summed E-state index contributed by atoms with van der Waals surface area (Å²) in [7, 11) is -3.99. The van der Waals surface area contributed by atoms with Crippen molar-refractivity contribution in [1.29, 1.82) is 0 Å². The SMILES string of the molecule is O=C(NCCc1ccccc1)c1ccc(Br)cc1NS(=O)(=O)c1cccc2nsnc12. The minimum absolute atomic E-state index is 0.00848. The van der Waals surface area contributed by atoms with Crippen LogP contribution in [0.5, 0.6) is 0 Å². The van der Waals surface area contributed by atoms with Crippen molar-refractivity contribution in [2.75, 3.05) is 11.3 Å². The number of hydrogen-bond acceptors (Lipinski definition) is 6. The smallest absolute Gasteiger partial charge is 0.264 e. The Labute approximate surface area is 192 Å². The van der Waals surface area contributed by atoms with Crippen LogP contribution in [0, 0.1) is 0 Å². The molecule has 1 aromatic heterocycles. The number of anilines is 1. The molecular formula is C21H17BrN4O3S2. The summed E-state index contributed by atoms with van der Waals surface area (Å²) in [4.78, 5) is 12.8. The monoisotopic (exact) mass is 516 g/mol. The molecule has 7 nitrogen and oxygen atoms in total. The van der Waals surface area contributed by atoms with Gasteiger partial charge in [-0.2, -0.15) is 8.75 Å². The highest BCUT2D eigenvalue weighted by molar-refractivity contribution is 9.10. The van der Waals surface area contributed by atoms with Crippen LogP contribution in [0.25, 0.3) is 11.0 Å². The first kappa shape index (κ1) is 21.4. The van der Waals surface area contributed by atoms with Crippen molar-refractivity contribution in [3.63, 3.8) is 0 Å². The van der Waals surface area contributed by atoms with E-state index in [0.29, 0.717) is 28.5 Å². The lowest BCUT2D eigenvalue weighted by Gasteiger charge is -2.14. The maximum Gasteiger partial charge on any atom is 0.264 e. The van der Waals surface area contributed by atoms with Crippen molar-refractivity contribution in [2.24, 2.45) is 0 Å². The highest BCUT2D eigenvalue weighted by Gasteiger charge is 2.22. The van der Waals surface area contributed by atoms with E-state index in [1.54, 1.807) is 30.3 Å². The van der Waals surface area contributed by atoms with Crippen LogP contribution in [-0.2, 0) is 16.4 Å². The Kier molecular flexibility index (Phi) is 6.30. The van der Waals surface area contributed by atoms with E-state index in [9.17, 15) is 13.2 Å². The molecule has 0 fully saturated rings. The fraction of sp³-hybridized carbons (Fsp3) is 0.0952. The molecule has 0 aliphatic carbocycles. The van der Waals surface area contributed by atoms with Gasteiger partial charge in [0.15, 0.2) is 0 Å². The van der Waals surface area contributed by atoms with Crippen LogP contribution in [0.1, 0.15) is 15.9 Å². The molecule has 0 aliphatic heterocycles. The summed E-state index contributed by atoms with van der Waals surface area (Å²) >= 11 is 4.28. The highest BCUT2D eigenvalue weighted by Crippen LogP contribution is 2.27. The van der Waals surface area contributed by atoms with Gasteiger partial charge in [0.05, 0.1) is 23.0 Å². The molecule has 3 aromatic carbocycles. The van der Waals surface area contributed by atoms with E-state index >= 15 is 0 Å². The lowest BCUT2D eigenvalue weighted by atomic mass is 10.1. The topological polar surface area (TPSA) is 101 Å². The molecule has 1 amide bonds. The summed E-state index contributed by atoms with van der Waals surface area (Å²) in [6.07, 6.45) is 0.670. The number of nitrogens with one attached hydrogen (secondary N) is 2. The van der Waals surface area contributed by atoms with Crippen molar-refractivity contribution >= 4 is 60.3 Å². The summed E-state index contributed by atoms with van der Waals surface area (Å²) in [5.41, 5.74) is 2.30. The van der Waals surface area contributed by atoms with Gasteiger partial charge in [-0.05, 0) is 42.3 Å². The Bertz CT molecular complexity index is 1340. The normalized spacial score (nSPS) is 11.4. The molecule has 0 spiro atoms. The number of fused-ring (bicyclic) bond motifs is 1. The molecule has 0 saturated carbocycles. The third-order valence-electron chi connectivity index (χ3n) is 4.55. The number of aromatic nitrogens is 2. The Hall–Kier alpha value is -2.82. The number of sulfonamides is 1. The van der Waals surface area contributed by atoms with E-state index in [1.807, 2.05) is 30.3 Å². The molecule has 0 saturated heterocycles. The van der Waals surface area contributed by atoms with Crippen LogP contribution >= 0.6 is 27.7 Å². The summed E-state index contributed by atoms with van der Waals surface area (Å²) in [6, 6.07) is 19.4. The molecule has 158 valence electrons. The largest absolute Gasteiger partial charge is 0.352 e. The van der Waals surface area contributed by atoms with E-state index in [-0.39, 0.29) is 22.1 Å². The van der Waals surface area contributed by atoms with Crippen LogP contribution in [0.4, 0.5) is 5.69 Å². The zero-order chi connectivity index (χ0) is 21.8. The summed E-state index contributed by atoms with van der Waals surface area (Å²) in [6.45, 7) is 0.425. The van der Waals surface area contributed by atoms with E-state index < -0.39 is 10.0 Å². The lowest BCUT2D eigenvalue weighted by molar-refractivity contribution is 0.0955. The molecule has 0 unspecified atom stereocenters. The molecule has 10 heteroatoms. The van der Waals surface area contributed by atoms with Gasteiger partial charge in [0.2, 0.25) is 0 Å². The van der Waals surface area contributed by atoms with Crippen molar-refractivity contribution in [3.8, 4) is 0 Å². The molecule has 1 heterocycles. The maximum absolute atomic E-state index is 13.1. The first-order valence-electron chi connectivity index (χ1n) is 9.30. The average Bonchev–Trinajstić information content (AvgIpc) is 3.23. The van der Waals surface area contributed by atoms with E-state index in [0.717, 1.165) is 17.3 Å². The van der Waals surface area contributed by atoms with Gasteiger partial charge in [-0.15, -0.1) is 0 Å². The second-order valence-electron chi connectivity index (χ2n) is 6.68. The van der Waals surface area contributed by atoms with Gasteiger partial charge in [-0.25, -0.2) is 8.42 Å². The molecular weight excluding hydrogens is 500 g/mol. The average molecular weight is 517 g/mol. The zero-order valence-electron chi connectivity index (χ0n) is 16.1. The minimum atomic E-state index is -3.99. The quantitative estimate of drug-likeness (QED) is 0.382. The zero-order valence-corrected chi connectivity index (χ0v) is 19.3. The van der Waals surface area contributed by atoms with Gasteiger partial charge in [0.1, 0.15) is 15.9 Å². The summed E-state index contributed by atoms with van der Waals surface area (Å²) in [5, 5.41) is 2.85. The van der Waals surface area contributed by atoms with Crippen molar-refractivity contribution in [2.45, 2.75) is 11.3 Å². The fourth-order valence-corrected chi connectivity index (χ4v) is 5.26. The van der Waals surface area contributed by atoms with Crippen molar-refractivity contribution in [3.05, 3.63) is 82.3 Å². The predicted octanol–water partition coefficient (Wildman–Crippen LogP) is 4.23. The number of rotatable bonds is 7. The highest BCUT2D eigenvalue weighted by atomic mass is 79.9. The second kappa shape index (κ2) is 9.13. The number of benzene rings is 3. The van der Waals surface area contributed by atoms with Crippen molar-refractivity contribution < 1.29 is 13.2 Å². The number of nitrogens with zero attached hydrogens (tertiary/aromatic N) is 2. The van der Waals surface area contributed by atoms with E-state index in [1.165, 1.54) is 6.07 Å². The molecule has 31 heavy (non-hydrogen) atoms. The number of carbonyl (C=O) groups excluding carboxylic acids is 1. The summed E-state index contributed by atoms with van der Waals surface area (Å²) < 4.78 is 37.5. The Morgan fingerprint density at radius 1 is 1.00 bits per heavy atom. The van der Waals surface area contributed by atoms with Gasteiger partial charge < -0.3 is 5.32 Å². The Balaban J connectivity index is 1.56. The molecule has 4 aromatic rings. The molecule has 2 N–H and O–H groups in total. The number of amides is 1. The Morgan fingerprint density at radius 3 is 2.61 bits per heavy atom. The third-order valence-corrected chi connectivity index (χ3v) is 6.98. The van der Waals surface area contributed by atoms with E-state index in [4.69, 9.17) is 0 Å². The molecule has 0 aliphatic rings. The molecule has 4 rings (SSSR count). The molecule has 0 radical (unpaired) electrons. The minimum Gasteiger partial charge on any atom is -0.352 e. The van der Waals surface area contributed by atoms with Crippen LogP contribution in [-0.4, -0.2) is 29.6 Å². The third kappa shape index (κ3) is 4.92. The first-order chi connectivity index (χ1) is 14.9. The van der Waals surface area contributed by atoms with Crippen LogP contribution in [0.2, 0.25) is 0 Å². The second-order valence-corrected chi connectivity index (χ2v) is 9.77. The van der Waals surface area contributed by atoms with Gasteiger partial charge in [-0.1, -0.05) is 52.3 Å². The van der Waals surface area contributed by atoms with Gasteiger partial charge in [-0.3, -0.25) is 9.52 Å². The van der Waals surface area contributed by atoms with Crippen molar-refractivity contribution in [1.82, 2.24) is 14.1 Å². The van der Waals surface area contributed by atoms with Gasteiger partial charge in [0, 0.05) is 11.0 Å². The number of hydrogen-bond donors (Lipinski definition) is 2. The van der Waals surface area contributed by atoms with Crippen LogP contribution < -0.4 is 10.0 Å². The summed E-state index contributed by atoms with van der Waals surface area (Å²) in [5.74, 6) is -0.366. The van der Waals surface area contributed by atoms with Gasteiger partial charge in [0.25, 0.3) is 15.9 Å². The van der Waals surface area contributed by atoms with Crippen LogP contribution in [0.3, 0.4) is 0 Å². The van der Waals surface area contributed by atoms with E-state index in [2.05, 4.69) is 34.7 Å². The standard InChI is InChI=1S/C21H17BrN4O3S2/c22-15-9-10-16(21(27)23-12-11-14-5-2-1-3-6-14)18(13-15)26-31(28,29)19-8-4-7-17-20(19)25-30-24-17/h1-10,13,26H,11-12H2,(H,23,27). The lowest BCUT2D eigenvalue weighted by Crippen LogP contribution is -2.27. The molecule has 0 atom stereocenters. The predicted molar refractivity (Wildman–Crippen MR) is 125 cm³/mol. The van der Waals surface area contributed by atoms with Crippen LogP contribution in [0.15, 0.2) is 76.1 Å². The number of halogens is 1. The number of carbonyl (C=O) groups is 1. The Morgan fingerprint density at radius 2 is 1.81 bits per heavy atom. The fourth-order valence-electron chi connectivity index (χ4n) is 3.06. The van der Waals surface area contributed by atoms with Gasteiger partial charge >= 0.3 is 0 Å². The first-order valence-corrected chi connectivity index (χ1v) is 12.3. The maximum atomic E-state index is 13.1.